The first kappa shape index (κ1) is 15.0. The van der Waals surface area contributed by atoms with Gasteiger partial charge in [0.2, 0.25) is 0 Å². The van der Waals surface area contributed by atoms with E-state index in [0.717, 1.165) is 34.0 Å². The van der Waals surface area contributed by atoms with E-state index >= 15 is 0 Å². The third-order valence-corrected chi connectivity index (χ3v) is 4.74. The van der Waals surface area contributed by atoms with E-state index in [1.54, 1.807) is 10.6 Å². The van der Waals surface area contributed by atoms with Gasteiger partial charge in [0.15, 0.2) is 0 Å². The normalized spacial score (nSPS) is 11.2. The molecule has 0 atom stereocenters. The summed E-state index contributed by atoms with van der Waals surface area (Å²) in [6, 6.07) is 21.9. The summed E-state index contributed by atoms with van der Waals surface area (Å²) in [5.41, 5.74) is 1.78. The molecule has 0 fully saturated rings. The predicted molar refractivity (Wildman–Crippen MR) is 101 cm³/mol. The van der Waals surface area contributed by atoms with Crippen LogP contribution >= 0.6 is 11.6 Å². The number of nitrogens with zero attached hydrogens (tertiary/aromatic N) is 1. The molecule has 0 aliphatic heterocycles. The Bertz CT molecular complexity index is 1130. The number of aryl methyl sites for hydroxylation is 1. The van der Waals surface area contributed by atoms with E-state index < -0.39 is 0 Å². The van der Waals surface area contributed by atoms with Crippen molar-refractivity contribution in [2.75, 3.05) is 0 Å². The zero-order chi connectivity index (χ0) is 16.7. The number of aromatic nitrogens is 1. The maximum Gasteiger partial charge on any atom is 0.264 e. The Morgan fingerprint density at radius 2 is 1.62 bits per heavy atom. The van der Waals surface area contributed by atoms with Crippen LogP contribution in [0.25, 0.3) is 27.2 Å². The molecule has 2 nitrogen and oxygen atoms in total. The van der Waals surface area contributed by atoms with E-state index in [2.05, 4.69) is 31.2 Å². The fourth-order valence-electron chi connectivity index (χ4n) is 3.23. The molecule has 3 aromatic carbocycles. The van der Waals surface area contributed by atoms with E-state index in [4.69, 9.17) is 11.6 Å². The van der Waals surface area contributed by atoms with Gasteiger partial charge in [0.25, 0.3) is 5.56 Å². The van der Waals surface area contributed by atoms with Crippen molar-refractivity contribution < 1.29 is 0 Å². The molecule has 3 heteroatoms. The lowest BCUT2D eigenvalue weighted by Crippen LogP contribution is -2.22. The van der Waals surface area contributed by atoms with Crippen LogP contribution in [0.1, 0.15) is 12.6 Å². The van der Waals surface area contributed by atoms with Crippen molar-refractivity contribution in [3.05, 3.63) is 87.8 Å². The monoisotopic (exact) mass is 333 g/mol. The molecule has 0 aliphatic rings. The lowest BCUT2D eigenvalue weighted by Gasteiger charge is -2.15. The molecule has 4 aromatic rings. The molecule has 0 unspecified atom stereocenters. The van der Waals surface area contributed by atoms with Crippen molar-refractivity contribution in [3.8, 4) is 5.69 Å². The number of pyridine rings is 1. The van der Waals surface area contributed by atoms with Gasteiger partial charge in [-0.3, -0.25) is 9.36 Å². The van der Waals surface area contributed by atoms with Crippen LogP contribution in [0.4, 0.5) is 0 Å². The summed E-state index contributed by atoms with van der Waals surface area (Å²) < 4.78 is 1.78. The minimum atomic E-state index is -0.0646. The molecular formula is C21H16ClNO. The molecule has 4 rings (SSSR count). The highest BCUT2D eigenvalue weighted by Gasteiger charge is 2.12. The molecule has 0 aliphatic carbocycles. The molecule has 0 saturated heterocycles. The van der Waals surface area contributed by atoms with Gasteiger partial charge in [-0.15, -0.1) is 0 Å². The standard InChI is InChI=1S/C21H16ClNO/c1-2-17-13-16-8-5-9-19(22)20(16)21(24)23(17)18-11-10-14-6-3-4-7-15(14)12-18/h3-13H,2H2,1H3. The van der Waals surface area contributed by atoms with Gasteiger partial charge in [0.05, 0.1) is 10.4 Å². The first-order chi connectivity index (χ1) is 11.7. The second-order valence-electron chi connectivity index (χ2n) is 5.87. The van der Waals surface area contributed by atoms with Crippen LogP contribution in [0.15, 0.2) is 71.5 Å². The highest BCUT2D eigenvalue weighted by Crippen LogP contribution is 2.24. The van der Waals surface area contributed by atoms with Crippen LogP contribution in [0, 0.1) is 0 Å². The average molecular weight is 334 g/mol. The molecule has 118 valence electrons. The third-order valence-electron chi connectivity index (χ3n) is 4.43. The smallest absolute Gasteiger partial charge is 0.264 e. The van der Waals surface area contributed by atoms with Crippen LogP contribution < -0.4 is 5.56 Å². The van der Waals surface area contributed by atoms with Crippen LogP contribution in [-0.4, -0.2) is 4.57 Å². The molecule has 0 saturated carbocycles. The number of rotatable bonds is 2. The number of hydrogen-bond donors (Lipinski definition) is 0. The van der Waals surface area contributed by atoms with Gasteiger partial charge in [0, 0.05) is 11.4 Å². The van der Waals surface area contributed by atoms with E-state index in [1.165, 1.54) is 0 Å². The molecule has 0 radical (unpaired) electrons. The topological polar surface area (TPSA) is 22.0 Å². The fourth-order valence-corrected chi connectivity index (χ4v) is 3.49. The summed E-state index contributed by atoms with van der Waals surface area (Å²) in [5, 5.41) is 4.23. The molecular weight excluding hydrogens is 318 g/mol. The lowest BCUT2D eigenvalue weighted by molar-refractivity contribution is 0.890. The van der Waals surface area contributed by atoms with Crippen LogP contribution in [-0.2, 0) is 6.42 Å². The van der Waals surface area contributed by atoms with E-state index in [0.29, 0.717) is 10.4 Å². The highest BCUT2D eigenvalue weighted by atomic mass is 35.5. The zero-order valence-electron chi connectivity index (χ0n) is 13.3. The summed E-state index contributed by atoms with van der Waals surface area (Å²) >= 11 is 6.30. The van der Waals surface area contributed by atoms with Gasteiger partial charge in [0.1, 0.15) is 0 Å². The molecule has 0 N–H and O–H groups in total. The lowest BCUT2D eigenvalue weighted by atomic mass is 10.1. The fraction of sp³-hybridized carbons (Fsp3) is 0.0952. The van der Waals surface area contributed by atoms with Gasteiger partial charge in [-0.25, -0.2) is 0 Å². The van der Waals surface area contributed by atoms with Crippen molar-refractivity contribution in [3.63, 3.8) is 0 Å². The van der Waals surface area contributed by atoms with Crippen LogP contribution in [0.3, 0.4) is 0 Å². The maximum absolute atomic E-state index is 13.1. The first-order valence-corrected chi connectivity index (χ1v) is 8.39. The summed E-state index contributed by atoms with van der Waals surface area (Å²) in [5.74, 6) is 0. The quantitative estimate of drug-likeness (QED) is 0.484. The van der Waals surface area contributed by atoms with Crippen molar-refractivity contribution >= 4 is 33.1 Å². The second-order valence-corrected chi connectivity index (χ2v) is 6.27. The Hall–Kier alpha value is -2.58. The number of halogens is 1. The molecule has 24 heavy (non-hydrogen) atoms. The largest absolute Gasteiger partial charge is 0.281 e. The van der Waals surface area contributed by atoms with Crippen molar-refractivity contribution in [1.29, 1.82) is 0 Å². The minimum Gasteiger partial charge on any atom is -0.281 e. The second kappa shape index (κ2) is 5.81. The van der Waals surface area contributed by atoms with Crippen LogP contribution in [0.2, 0.25) is 5.02 Å². The van der Waals surface area contributed by atoms with Gasteiger partial charge < -0.3 is 0 Å². The Kier molecular flexibility index (Phi) is 3.62. The van der Waals surface area contributed by atoms with E-state index in [1.807, 2.05) is 36.4 Å². The molecule has 1 heterocycles. The van der Waals surface area contributed by atoms with Gasteiger partial charge in [-0.05, 0) is 46.8 Å². The predicted octanol–water partition coefficient (Wildman–Crippen LogP) is 5.36. The minimum absolute atomic E-state index is 0.0646. The Balaban J connectivity index is 2.09. The Morgan fingerprint density at radius 3 is 2.42 bits per heavy atom. The van der Waals surface area contributed by atoms with Crippen molar-refractivity contribution in [1.82, 2.24) is 4.57 Å². The Morgan fingerprint density at radius 1 is 0.875 bits per heavy atom. The number of hydrogen-bond acceptors (Lipinski definition) is 1. The summed E-state index contributed by atoms with van der Waals surface area (Å²) in [6.07, 6.45) is 0.768. The SMILES string of the molecule is CCc1cc2cccc(Cl)c2c(=O)n1-c1ccc2ccccc2c1. The highest BCUT2D eigenvalue weighted by molar-refractivity contribution is 6.35. The molecule has 0 spiro atoms. The van der Waals surface area contributed by atoms with E-state index in [9.17, 15) is 4.79 Å². The van der Waals surface area contributed by atoms with E-state index in [-0.39, 0.29) is 5.56 Å². The summed E-state index contributed by atoms with van der Waals surface area (Å²) in [6.45, 7) is 2.06. The Labute approximate surface area is 144 Å². The van der Waals surface area contributed by atoms with Gasteiger partial charge in [-0.2, -0.15) is 0 Å². The summed E-state index contributed by atoms with van der Waals surface area (Å²) in [7, 11) is 0. The zero-order valence-corrected chi connectivity index (χ0v) is 14.0. The number of fused-ring (bicyclic) bond motifs is 2. The third kappa shape index (κ3) is 2.31. The van der Waals surface area contributed by atoms with Crippen LogP contribution in [0.5, 0.6) is 0 Å². The molecule has 0 amide bonds. The van der Waals surface area contributed by atoms with Gasteiger partial charge in [-0.1, -0.05) is 61.0 Å². The van der Waals surface area contributed by atoms with Crippen molar-refractivity contribution in [2.24, 2.45) is 0 Å². The maximum atomic E-state index is 13.1. The van der Waals surface area contributed by atoms with Crippen molar-refractivity contribution in [2.45, 2.75) is 13.3 Å². The molecule has 0 bridgehead atoms. The van der Waals surface area contributed by atoms with Gasteiger partial charge >= 0.3 is 0 Å². The first-order valence-electron chi connectivity index (χ1n) is 8.01. The molecule has 1 aromatic heterocycles. The average Bonchev–Trinajstić information content (AvgIpc) is 2.61. The summed E-state index contributed by atoms with van der Waals surface area (Å²) in [4.78, 5) is 13.1. The number of benzene rings is 3.